The summed E-state index contributed by atoms with van der Waals surface area (Å²) in [5.74, 6) is 0.0717. The van der Waals surface area contributed by atoms with Crippen molar-refractivity contribution in [3.05, 3.63) is 42.1 Å². The lowest BCUT2D eigenvalue weighted by molar-refractivity contribution is -0.122. The van der Waals surface area contributed by atoms with Crippen LogP contribution in [0.15, 0.2) is 36.4 Å². The summed E-state index contributed by atoms with van der Waals surface area (Å²) >= 11 is 0. The Morgan fingerprint density at radius 2 is 1.89 bits per heavy atom. The van der Waals surface area contributed by atoms with E-state index in [-0.39, 0.29) is 11.3 Å². The maximum atomic E-state index is 11.8. The third-order valence-electron chi connectivity index (χ3n) is 2.81. The molecule has 100 valence electrons. The van der Waals surface area contributed by atoms with Crippen LogP contribution >= 0.6 is 0 Å². The van der Waals surface area contributed by atoms with Gasteiger partial charge in [-0.15, -0.1) is 0 Å². The van der Waals surface area contributed by atoms with Crippen molar-refractivity contribution in [2.75, 3.05) is 0 Å². The molecule has 0 fully saturated rings. The Morgan fingerprint density at radius 1 is 1.16 bits per heavy atom. The van der Waals surface area contributed by atoms with Gasteiger partial charge in [0, 0.05) is 11.8 Å². The van der Waals surface area contributed by atoms with Crippen molar-refractivity contribution in [3.63, 3.8) is 0 Å². The predicted octanol–water partition coefficient (Wildman–Crippen LogP) is 3.29. The fraction of sp³-hybridized carbons (Fsp3) is 0.375. The highest BCUT2D eigenvalue weighted by Gasteiger charge is 2.15. The van der Waals surface area contributed by atoms with Gasteiger partial charge in [-0.3, -0.25) is 9.78 Å². The molecule has 3 heteroatoms. The normalized spacial score (nSPS) is 11.5. The molecule has 0 unspecified atom stereocenters. The summed E-state index contributed by atoms with van der Waals surface area (Å²) in [6.07, 6.45) is 0.528. The second-order valence-corrected chi connectivity index (χ2v) is 6.01. The molecule has 1 N–H and O–H groups in total. The van der Waals surface area contributed by atoms with Crippen LogP contribution in [0.2, 0.25) is 0 Å². The molecule has 1 amide bonds. The zero-order valence-corrected chi connectivity index (χ0v) is 11.7. The molecule has 0 saturated carbocycles. The van der Waals surface area contributed by atoms with Crippen molar-refractivity contribution >= 4 is 16.8 Å². The van der Waals surface area contributed by atoms with Crippen LogP contribution in [0.5, 0.6) is 0 Å². The summed E-state index contributed by atoms with van der Waals surface area (Å²) in [4.78, 5) is 16.3. The largest absolute Gasteiger partial charge is 0.350 e. The van der Waals surface area contributed by atoms with Crippen LogP contribution in [0.25, 0.3) is 10.9 Å². The van der Waals surface area contributed by atoms with Crippen LogP contribution in [0.4, 0.5) is 0 Å². The second kappa shape index (κ2) is 5.39. The zero-order valence-electron chi connectivity index (χ0n) is 11.7. The number of carbonyl (C=O) groups is 1. The molecule has 0 aliphatic carbocycles. The van der Waals surface area contributed by atoms with Crippen molar-refractivity contribution in [1.82, 2.24) is 10.3 Å². The summed E-state index contributed by atoms with van der Waals surface area (Å²) in [6, 6.07) is 12.0. The topological polar surface area (TPSA) is 42.0 Å². The first kappa shape index (κ1) is 13.5. The molecule has 0 atom stereocenters. The van der Waals surface area contributed by atoms with Crippen molar-refractivity contribution in [2.45, 2.75) is 33.7 Å². The quantitative estimate of drug-likeness (QED) is 0.915. The number of nitrogens with zero attached hydrogens (tertiary/aromatic N) is 1. The third-order valence-corrected chi connectivity index (χ3v) is 2.81. The lowest BCUT2D eigenvalue weighted by Gasteiger charge is -2.17. The maximum absolute atomic E-state index is 11.8. The van der Waals surface area contributed by atoms with E-state index in [4.69, 9.17) is 0 Å². The zero-order chi connectivity index (χ0) is 13.9. The van der Waals surface area contributed by atoms with E-state index in [0.29, 0.717) is 13.0 Å². The Morgan fingerprint density at radius 3 is 2.63 bits per heavy atom. The molecule has 2 rings (SSSR count). The number of amides is 1. The first-order valence-corrected chi connectivity index (χ1v) is 6.55. The number of hydrogen-bond donors (Lipinski definition) is 1. The lowest BCUT2D eigenvalue weighted by atomic mass is 9.92. The molecule has 0 saturated heterocycles. The Bertz CT molecular complexity index is 585. The van der Waals surface area contributed by atoms with Gasteiger partial charge in [0.25, 0.3) is 0 Å². The highest BCUT2D eigenvalue weighted by atomic mass is 16.1. The monoisotopic (exact) mass is 256 g/mol. The number of hydrogen-bond acceptors (Lipinski definition) is 2. The molecule has 3 nitrogen and oxygen atoms in total. The van der Waals surface area contributed by atoms with Crippen molar-refractivity contribution in [2.24, 2.45) is 5.41 Å². The minimum absolute atomic E-state index is 0.0148. The van der Waals surface area contributed by atoms with E-state index in [1.807, 2.05) is 36.4 Å². The Balaban J connectivity index is 2.00. The van der Waals surface area contributed by atoms with Gasteiger partial charge in [0.2, 0.25) is 5.91 Å². The molecule has 0 aliphatic heterocycles. The van der Waals surface area contributed by atoms with Gasteiger partial charge < -0.3 is 5.32 Å². The van der Waals surface area contributed by atoms with Crippen LogP contribution < -0.4 is 5.32 Å². The van der Waals surface area contributed by atoms with Gasteiger partial charge >= 0.3 is 0 Å². The summed E-state index contributed by atoms with van der Waals surface area (Å²) < 4.78 is 0. The lowest BCUT2D eigenvalue weighted by Crippen LogP contribution is -2.27. The van der Waals surface area contributed by atoms with Crippen LogP contribution in [0.3, 0.4) is 0 Å². The number of carbonyl (C=O) groups excluding carboxylic acids is 1. The number of aromatic nitrogens is 1. The van der Waals surface area contributed by atoms with Crippen LogP contribution in [0.1, 0.15) is 32.9 Å². The van der Waals surface area contributed by atoms with E-state index in [0.717, 1.165) is 16.6 Å². The van der Waals surface area contributed by atoms with E-state index in [2.05, 4.69) is 31.1 Å². The SMILES string of the molecule is CC(C)(C)CC(=O)NCc1ccc2ccccc2n1. The summed E-state index contributed by atoms with van der Waals surface area (Å²) in [7, 11) is 0. The fourth-order valence-corrected chi connectivity index (χ4v) is 1.94. The maximum Gasteiger partial charge on any atom is 0.220 e. The highest BCUT2D eigenvalue weighted by Crippen LogP contribution is 2.18. The molecule has 19 heavy (non-hydrogen) atoms. The smallest absolute Gasteiger partial charge is 0.220 e. The first-order valence-electron chi connectivity index (χ1n) is 6.55. The van der Waals surface area contributed by atoms with Crippen molar-refractivity contribution < 1.29 is 4.79 Å². The van der Waals surface area contributed by atoms with Gasteiger partial charge in [0.15, 0.2) is 0 Å². The molecule has 1 heterocycles. The van der Waals surface area contributed by atoms with E-state index in [1.54, 1.807) is 0 Å². The first-order chi connectivity index (χ1) is 8.94. The Kier molecular flexibility index (Phi) is 3.84. The Labute approximate surface area is 114 Å². The van der Waals surface area contributed by atoms with Gasteiger partial charge in [0.1, 0.15) is 0 Å². The summed E-state index contributed by atoms with van der Waals surface area (Å²) in [5, 5.41) is 4.04. The highest BCUT2D eigenvalue weighted by molar-refractivity contribution is 5.79. The van der Waals surface area contributed by atoms with E-state index >= 15 is 0 Å². The number of rotatable bonds is 3. The van der Waals surface area contributed by atoms with Gasteiger partial charge in [-0.05, 0) is 17.5 Å². The summed E-state index contributed by atoms with van der Waals surface area (Å²) in [5.41, 5.74) is 1.87. The van der Waals surface area contributed by atoms with Crippen molar-refractivity contribution in [1.29, 1.82) is 0 Å². The minimum Gasteiger partial charge on any atom is -0.350 e. The minimum atomic E-state index is 0.0148. The standard InChI is InChI=1S/C16H20N2O/c1-16(2,3)10-15(19)17-11-13-9-8-12-6-4-5-7-14(12)18-13/h4-9H,10-11H2,1-3H3,(H,17,19). The number of pyridine rings is 1. The van der Waals surface area contributed by atoms with Crippen LogP contribution in [-0.4, -0.2) is 10.9 Å². The third kappa shape index (κ3) is 4.05. The molecule has 0 bridgehead atoms. The fourth-order valence-electron chi connectivity index (χ4n) is 1.94. The molecule has 0 spiro atoms. The molecule has 0 aliphatic rings. The Hall–Kier alpha value is -1.90. The van der Waals surface area contributed by atoms with Gasteiger partial charge in [-0.2, -0.15) is 0 Å². The van der Waals surface area contributed by atoms with E-state index < -0.39 is 0 Å². The van der Waals surface area contributed by atoms with Gasteiger partial charge in [-0.1, -0.05) is 45.0 Å². The van der Waals surface area contributed by atoms with E-state index in [9.17, 15) is 4.79 Å². The molecular formula is C16H20N2O. The number of nitrogens with one attached hydrogen (secondary N) is 1. The number of fused-ring (bicyclic) bond motifs is 1. The molecule has 1 aromatic carbocycles. The van der Waals surface area contributed by atoms with Gasteiger partial charge in [-0.25, -0.2) is 0 Å². The van der Waals surface area contributed by atoms with E-state index in [1.165, 1.54) is 0 Å². The van der Waals surface area contributed by atoms with Crippen LogP contribution in [-0.2, 0) is 11.3 Å². The predicted molar refractivity (Wildman–Crippen MR) is 77.7 cm³/mol. The van der Waals surface area contributed by atoms with Crippen molar-refractivity contribution in [3.8, 4) is 0 Å². The molecule has 0 radical (unpaired) electrons. The molecule has 1 aromatic heterocycles. The van der Waals surface area contributed by atoms with Gasteiger partial charge in [0.05, 0.1) is 17.8 Å². The number of benzene rings is 1. The average Bonchev–Trinajstić information content (AvgIpc) is 2.34. The van der Waals surface area contributed by atoms with Crippen LogP contribution in [0, 0.1) is 5.41 Å². The average molecular weight is 256 g/mol. The summed E-state index contributed by atoms with van der Waals surface area (Å²) in [6.45, 7) is 6.66. The second-order valence-electron chi connectivity index (χ2n) is 6.01. The number of para-hydroxylation sites is 1. The molecular weight excluding hydrogens is 236 g/mol. The molecule has 2 aromatic rings.